The molecule has 1 saturated heterocycles. The standard InChI is InChI=1S/C20H23N5O3S2/c26-19(21-9-11-29-20-22-14-23-24-20)17-6-3-10-25(13-17)30(27,28)18-8-7-15-4-1-2-5-16(15)12-18/h1-2,4-5,7-8,12,14,17H,3,6,9-11,13H2,(H,21,26)(H,22,23,24)/t17-/m0/s1. The fourth-order valence-electron chi connectivity index (χ4n) is 3.58. The van der Waals surface area contributed by atoms with Gasteiger partial charge in [0.15, 0.2) is 5.16 Å². The van der Waals surface area contributed by atoms with E-state index in [1.165, 1.54) is 22.4 Å². The fraction of sp³-hybridized carbons (Fsp3) is 0.350. The monoisotopic (exact) mass is 445 g/mol. The van der Waals surface area contributed by atoms with Crippen LogP contribution < -0.4 is 5.32 Å². The van der Waals surface area contributed by atoms with Crippen LogP contribution >= 0.6 is 11.8 Å². The summed E-state index contributed by atoms with van der Waals surface area (Å²) in [5.74, 6) is 0.211. The third-order valence-corrected chi connectivity index (χ3v) is 7.89. The number of H-pyrrole nitrogens is 1. The second-order valence-electron chi connectivity index (χ2n) is 7.14. The van der Waals surface area contributed by atoms with Crippen molar-refractivity contribution < 1.29 is 13.2 Å². The van der Waals surface area contributed by atoms with E-state index in [1.807, 2.05) is 30.3 Å². The molecule has 4 rings (SSSR count). The Hall–Kier alpha value is -2.43. The predicted octanol–water partition coefficient (Wildman–Crippen LogP) is 2.27. The van der Waals surface area contributed by atoms with Crippen LogP contribution in [0.4, 0.5) is 0 Å². The zero-order valence-corrected chi connectivity index (χ0v) is 18.0. The number of carbonyl (C=O) groups excluding carboxylic acids is 1. The van der Waals surface area contributed by atoms with E-state index < -0.39 is 10.0 Å². The van der Waals surface area contributed by atoms with Crippen LogP contribution in [0.25, 0.3) is 10.8 Å². The molecule has 8 nitrogen and oxygen atoms in total. The van der Waals surface area contributed by atoms with Gasteiger partial charge in [-0.15, -0.1) is 0 Å². The van der Waals surface area contributed by atoms with Crippen LogP contribution in [-0.2, 0) is 14.8 Å². The summed E-state index contributed by atoms with van der Waals surface area (Å²) in [4.78, 5) is 16.9. The Morgan fingerprint density at radius 3 is 2.87 bits per heavy atom. The third kappa shape index (κ3) is 4.66. The van der Waals surface area contributed by atoms with Crippen molar-refractivity contribution in [3.63, 3.8) is 0 Å². The molecule has 2 heterocycles. The highest BCUT2D eigenvalue weighted by atomic mass is 32.2. The van der Waals surface area contributed by atoms with Gasteiger partial charge in [-0.1, -0.05) is 42.1 Å². The normalized spacial score (nSPS) is 17.8. The number of piperidine rings is 1. The molecule has 1 aliphatic heterocycles. The van der Waals surface area contributed by atoms with E-state index in [-0.39, 0.29) is 23.3 Å². The lowest BCUT2D eigenvalue weighted by Gasteiger charge is -2.31. The molecule has 0 unspecified atom stereocenters. The molecule has 0 aliphatic carbocycles. The average molecular weight is 446 g/mol. The number of sulfonamides is 1. The number of carbonyl (C=O) groups is 1. The maximum Gasteiger partial charge on any atom is 0.243 e. The average Bonchev–Trinajstić information content (AvgIpc) is 3.30. The molecule has 1 aromatic heterocycles. The van der Waals surface area contributed by atoms with Gasteiger partial charge in [0.1, 0.15) is 6.33 Å². The minimum absolute atomic E-state index is 0.105. The number of benzene rings is 2. The quantitative estimate of drug-likeness (QED) is 0.427. The number of nitrogens with zero attached hydrogens (tertiary/aromatic N) is 3. The van der Waals surface area contributed by atoms with E-state index >= 15 is 0 Å². The smallest absolute Gasteiger partial charge is 0.243 e. The van der Waals surface area contributed by atoms with Gasteiger partial charge in [0.05, 0.1) is 10.8 Å². The number of hydrogen-bond donors (Lipinski definition) is 2. The summed E-state index contributed by atoms with van der Waals surface area (Å²) in [5.41, 5.74) is 0. The van der Waals surface area contributed by atoms with E-state index in [1.54, 1.807) is 12.1 Å². The Labute approximate surface area is 179 Å². The number of hydrogen-bond acceptors (Lipinski definition) is 6. The summed E-state index contributed by atoms with van der Waals surface area (Å²) in [7, 11) is -3.64. The van der Waals surface area contributed by atoms with Crippen LogP contribution in [0.15, 0.2) is 58.8 Å². The van der Waals surface area contributed by atoms with Gasteiger partial charge in [-0.25, -0.2) is 13.4 Å². The lowest BCUT2D eigenvalue weighted by Crippen LogP contribution is -2.45. The van der Waals surface area contributed by atoms with Crippen LogP contribution in [0.2, 0.25) is 0 Å². The van der Waals surface area contributed by atoms with Crippen LogP contribution in [0.3, 0.4) is 0 Å². The number of nitrogens with one attached hydrogen (secondary N) is 2. The first-order valence-corrected chi connectivity index (χ1v) is 12.2. The Morgan fingerprint density at radius 2 is 2.07 bits per heavy atom. The number of amides is 1. The highest BCUT2D eigenvalue weighted by Crippen LogP contribution is 2.26. The third-order valence-electron chi connectivity index (χ3n) is 5.15. The molecule has 0 bridgehead atoms. The summed E-state index contributed by atoms with van der Waals surface area (Å²) in [6.45, 7) is 1.12. The van der Waals surface area contributed by atoms with Crippen LogP contribution in [0.1, 0.15) is 12.8 Å². The predicted molar refractivity (Wildman–Crippen MR) is 116 cm³/mol. The van der Waals surface area contributed by atoms with E-state index in [0.29, 0.717) is 36.8 Å². The molecule has 3 aromatic rings. The number of thioether (sulfide) groups is 1. The summed E-state index contributed by atoms with van der Waals surface area (Å²) in [6.07, 6.45) is 2.79. The van der Waals surface area contributed by atoms with E-state index in [4.69, 9.17) is 0 Å². The fourth-order valence-corrected chi connectivity index (χ4v) is 5.78. The van der Waals surface area contributed by atoms with Crippen LogP contribution in [-0.4, -0.2) is 59.2 Å². The zero-order chi connectivity index (χ0) is 21.0. The van der Waals surface area contributed by atoms with Crippen molar-refractivity contribution in [1.29, 1.82) is 0 Å². The van der Waals surface area contributed by atoms with E-state index in [0.717, 1.165) is 10.8 Å². The molecule has 1 aliphatic rings. The van der Waals surface area contributed by atoms with Gasteiger partial charge in [0.2, 0.25) is 15.9 Å². The molecule has 10 heteroatoms. The highest BCUT2D eigenvalue weighted by molar-refractivity contribution is 7.99. The number of rotatable bonds is 7. The van der Waals surface area contributed by atoms with Gasteiger partial charge >= 0.3 is 0 Å². The van der Waals surface area contributed by atoms with E-state index in [9.17, 15) is 13.2 Å². The highest BCUT2D eigenvalue weighted by Gasteiger charge is 2.33. The van der Waals surface area contributed by atoms with Crippen molar-refractivity contribution >= 4 is 38.5 Å². The largest absolute Gasteiger partial charge is 0.355 e. The molecule has 1 fully saturated rings. The van der Waals surface area contributed by atoms with Crippen molar-refractivity contribution in [2.45, 2.75) is 22.9 Å². The van der Waals surface area contributed by atoms with Crippen molar-refractivity contribution in [2.75, 3.05) is 25.4 Å². The summed E-state index contributed by atoms with van der Waals surface area (Å²) >= 11 is 1.47. The molecular formula is C20H23N5O3S2. The second-order valence-corrected chi connectivity index (χ2v) is 10.2. The Morgan fingerprint density at radius 1 is 1.23 bits per heavy atom. The number of aromatic nitrogens is 3. The SMILES string of the molecule is O=C(NCCSc1ncn[nH]1)[C@H]1CCCN(S(=O)(=O)c2ccc3ccccc3c2)C1. The molecule has 158 valence electrons. The molecule has 0 saturated carbocycles. The van der Waals surface area contributed by atoms with Crippen molar-refractivity contribution in [2.24, 2.45) is 5.92 Å². The maximum atomic E-state index is 13.2. The van der Waals surface area contributed by atoms with Gasteiger partial charge < -0.3 is 5.32 Å². The van der Waals surface area contributed by atoms with Gasteiger partial charge in [0, 0.05) is 25.4 Å². The molecule has 2 N–H and O–H groups in total. The summed E-state index contributed by atoms with van der Waals surface area (Å²) in [5, 5.41) is 12.0. The van der Waals surface area contributed by atoms with Crippen molar-refractivity contribution in [1.82, 2.24) is 24.8 Å². The Balaban J connectivity index is 1.37. The van der Waals surface area contributed by atoms with Crippen LogP contribution in [0.5, 0.6) is 0 Å². The van der Waals surface area contributed by atoms with Crippen molar-refractivity contribution in [3.8, 4) is 0 Å². The molecule has 0 spiro atoms. The first kappa shape index (κ1) is 20.8. The topological polar surface area (TPSA) is 108 Å². The Kier molecular flexibility index (Phi) is 6.35. The second kappa shape index (κ2) is 9.15. The van der Waals surface area contributed by atoms with Gasteiger partial charge in [0.25, 0.3) is 0 Å². The Bertz CT molecular complexity index is 1120. The first-order valence-electron chi connectivity index (χ1n) is 9.79. The summed E-state index contributed by atoms with van der Waals surface area (Å²) < 4.78 is 27.8. The molecule has 1 amide bonds. The van der Waals surface area contributed by atoms with E-state index in [2.05, 4.69) is 20.5 Å². The molecular weight excluding hydrogens is 422 g/mol. The number of aromatic amines is 1. The van der Waals surface area contributed by atoms with Gasteiger partial charge in [-0.3, -0.25) is 9.89 Å². The van der Waals surface area contributed by atoms with Gasteiger partial charge in [-0.2, -0.15) is 9.40 Å². The first-order chi connectivity index (χ1) is 14.5. The minimum atomic E-state index is -3.64. The molecule has 30 heavy (non-hydrogen) atoms. The van der Waals surface area contributed by atoms with Crippen molar-refractivity contribution in [3.05, 3.63) is 48.8 Å². The zero-order valence-electron chi connectivity index (χ0n) is 16.3. The van der Waals surface area contributed by atoms with Gasteiger partial charge in [-0.05, 0) is 35.7 Å². The summed E-state index contributed by atoms with van der Waals surface area (Å²) in [6, 6.07) is 12.8. The molecule has 2 aromatic carbocycles. The molecule has 0 radical (unpaired) electrons. The molecule has 1 atom stereocenters. The van der Waals surface area contributed by atoms with Crippen LogP contribution in [0, 0.1) is 5.92 Å². The minimum Gasteiger partial charge on any atom is -0.355 e. The number of fused-ring (bicyclic) bond motifs is 1. The maximum absolute atomic E-state index is 13.2. The lowest BCUT2D eigenvalue weighted by molar-refractivity contribution is -0.125. The lowest BCUT2D eigenvalue weighted by atomic mass is 9.99.